The van der Waals surface area contributed by atoms with E-state index in [1.807, 2.05) is 36.7 Å². The van der Waals surface area contributed by atoms with Crippen molar-refractivity contribution < 1.29 is 4.79 Å². The predicted octanol–water partition coefficient (Wildman–Crippen LogP) is 5.85. The van der Waals surface area contributed by atoms with Crippen LogP contribution in [0.25, 0.3) is 33.3 Å². The van der Waals surface area contributed by atoms with Crippen LogP contribution in [-0.4, -0.2) is 52.9 Å². The van der Waals surface area contributed by atoms with E-state index in [9.17, 15) is 4.79 Å². The van der Waals surface area contributed by atoms with E-state index in [4.69, 9.17) is 4.98 Å². The second-order valence-corrected chi connectivity index (χ2v) is 10.2. The average molecular weight is 465 g/mol. The van der Waals surface area contributed by atoms with Gasteiger partial charge in [0.15, 0.2) is 0 Å². The van der Waals surface area contributed by atoms with Gasteiger partial charge in [-0.05, 0) is 83.8 Å². The van der Waals surface area contributed by atoms with Gasteiger partial charge in [0.05, 0.1) is 0 Å². The number of nitrogens with zero attached hydrogens (tertiary/aromatic N) is 3. The summed E-state index contributed by atoms with van der Waals surface area (Å²) in [6.45, 7) is 5.63. The number of aromatic amines is 1. The molecule has 0 saturated heterocycles. The molecule has 1 N–H and O–H groups in total. The molecule has 35 heavy (non-hydrogen) atoms. The van der Waals surface area contributed by atoms with Crippen LogP contribution in [0.4, 0.5) is 0 Å². The number of aryl methyl sites for hydroxylation is 1. The van der Waals surface area contributed by atoms with Crippen molar-refractivity contribution in [3.63, 3.8) is 0 Å². The number of nitrogens with one attached hydrogen (secondary N) is 1. The zero-order valence-electron chi connectivity index (χ0n) is 20.8. The van der Waals surface area contributed by atoms with E-state index in [2.05, 4.69) is 35.0 Å². The molecule has 1 unspecified atom stereocenters. The minimum Gasteiger partial charge on any atom is -0.346 e. The molecule has 6 rings (SSSR count). The maximum absolute atomic E-state index is 12.3. The van der Waals surface area contributed by atoms with Gasteiger partial charge in [-0.15, -0.1) is 0 Å². The van der Waals surface area contributed by atoms with Crippen molar-refractivity contribution in [2.75, 3.05) is 27.2 Å². The summed E-state index contributed by atoms with van der Waals surface area (Å²) in [5.74, 6) is 0.704. The van der Waals surface area contributed by atoms with Crippen LogP contribution in [-0.2, 0) is 13.0 Å². The number of pyridine rings is 1. The summed E-state index contributed by atoms with van der Waals surface area (Å²) in [5.41, 5.74) is 10.9. The fraction of sp³-hybridized carbons (Fsp3) is 0.333. The van der Waals surface area contributed by atoms with Gasteiger partial charge in [0.25, 0.3) is 5.91 Å². The number of fused-ring (bicyclic) bond motifs is 1. The molecule has 0 radical (unpaired) electrons. The molecule has 5 heteroatoms. The van der Waals surface area contributed by atoms with Crippen molar-refractivity contribution in [1.29, 1.82) is 0 Å². The van der Waals surface area contributed by atoms with Crippen LogP contribution in [0.3, 0.4) is 0 Å². The van der Waals surface area contributed by atoms with E-state index in [0.29, 0.717) is 11.5 Å². The van der Waals surface area contributed by atoms with Crippen LogP contribution in [0.15, 0.2) is 54.9 Å². The molecule has 2 aromatic heterocycles. The van der Waals surface area contributed by atoms with Crippen LogP contribution in [0.5, 0.6) is 0 Å². The highest BCUT2D eigenvalue weighted by molar-refractivity contribution is 5.98. The highest BCUT2D eigenvalue weighted by Crippen LogP contribution is 2.41. The second-order valence-electron chi connectivity index (χ2n) is 10.2. The van der Waals surface area contributed by atoms with Crippen molar-refractivity contribution in [1.82, 2.24) is 19.8 Å². The lowest BCUT2D eigenvalue weighted by Crippen LogP contribution is -2.35. The maximum atomic E-state index is 12.3. The Labute approximate surface area is 206 Å². The molecule has 0 bridgehead atoms. The van der Waals surface area contributed by atoms with Crippen LogP contribution in [0.2, 0.25) is 0 Å². The van der Waals surface area contributed by atoms with E-state index in [1.165, 1.54) is 36.9 Å². The van der Waals surface area contributed by atoms with Gasteiger partial charge in [0, 0.05) is 61.7 Å². The molecule has 1 aliphatic carbocycles. The Bertz CT molecular complexity index is 1420. The minimum absolute atomic E-state index is 0.0136. The first kappa shape index (κ1) is 22.1. The number of aromatic nitrogens is 2. The molecule has 5 nitrogen and oxygen atoms in total. The van der Waals surface area contributed by atoms with E-state index < -0.39 is 0 Å². The fourth-order valence-electron chi connectivity index (χ4n) is 5.98. The zero-order valence-corrected chi connectivity index (χ0v) is 20.8. The molecular weight excluding hydrogens is 432 g/mol. The van der Waals surface area contributed by atoms with Gasteiger partial charge >= 0.3 is 0 Å². The van der Waals surface area contributed by atoms with Crippen molar-refractivity contribution in [3.8, 4) is 22.3 Å². The van der Waals surface area contributed by atoms with Crippen LogP contribution >= 0.6 is 0 Å². The predicted molar refractivity (Wildman–Crippen MR) is 142 cm³/mol. The average Bonchev–Trinajstić information content (AvgIpc) is 3.31. The number of rotatable bonds is 4. The summed E-state index contributed by atoms with van der Waals surface area (Å²) in [4.78, 5) is 24.6. The Morgan fingerprint density at radius 2 is 1.89 bits per heavy atom. The fourth-order valence-corrected chi connectivity index (χ4v) is 5.98. The largest absolute Gasteiger partial charge is 0.346 e. The summed E-state index contributed by atoms with van der Waals surface area (Å²) >= 11 is 0. The van der Waals surface area contributed by atoms with Crippen LogP contribution in [0.1, 0.15) is 52.7 Å². The highest BCUT2D eigenvalue weighted by Gasteiger charge is 2.30. The first-order valence-electron chi connectivity index (χ1n) is 12.7. The molecule has 0 fully saturated rings. The SMILES string of the molecule is CCN1Cc2cc(-c3cnc4[nH]cc(-c5ccc(C(=O)N(C)C)cc5)c4c3)cc3c2C(CCC3)C1. The molecule has 2 aromatic carbocycles. The van der Waals surface area contributed by atoms with Gasteiger partial charge in [-0.25, -0.2) is 4.98 Å². The number of carbonyl (C=O) groups is 1. The summed E-state index contributed by atoms with van der Waals surface area (Å²) in [6, 6.07) is 14.9. The third kappa shape index (κ3) is 3.84. The third-order valence-corrected chi connectivity index (χ3v) is 7.79. The smallest absolute Gasteiger partial charge is 0.253 e. The third-order valence-electron chi connectivity index (χ3n) is 7.79. The van der Waals surface area contributed by atoms with E-state index in [1.54, 1.807) is 30.1 Å². The molecule has 4 aromatic rings. The number of hydrogen-bond donors (Lipinski definition) is 1. The van der Waals surface area contributed by atoms with Gasteiger partial charge in [-0.1, -0.05) is 25.1 Å². The number of carbonyl (C=O) groups excluding carboxylic acids is 1. The molecule has 178 valence electrons. The van der Waals surface area contributed by atoms with Crippen molar-refractivity contribution in [2.45, 2.75) is 38.6 Å². The van der Waals surface area contributed by atoms with Crippen LogP contribution in [0, 0.1) is 0 Å². The molecule has 0 spiro atoms. The Balaban J connectivity index is 1.40. The normalized spacial score (nSPS) is 17.4. The molecule has 1 aliphatic heterocycles. The topological polar surface area (TPSA) is 52.2 Å². The Kier molecular flexibility index (Phi) is 5.45. The lowest BCUT2D eigenvalue weighted by Gasteiger charge is -2.38. The van der Waals surface area contributed by atoms with E-state index >= 15 is 0 Å². The maximum Gasteiger partial charge on any atom is 0.253 e. The number of hydrogen-bond acceptors (Lipinski definition) is 3. The quantitative estimate of drug-likeness (QED) is 0.412. The summed E-state index contributed by atoms with van der Waals surface area (Å²) < 4.78 is 0. The van der Waals surface area contributed by atoms with Crippen molar-refractivity contribution in [2.24, 2.45) is 0 Å². The lowest BCUT2D eigenvalue weighted by atomic mass is 9.76. The molecule has 1 atom stereocenters. The molecular formula is C30H32N4O. The lowest BCUT2D eigenvalue weighted by molar-refractivity contribution is 0.0827. The zero-order chi connectivity index (χ0) is 24.1. The minimum atomic E-state index is 0.0136. The Morgan fingerprint density at radius 3 is 2.66 bits per heavy atom. The van der Waals surface area contributed by atoms with Gasteiger partial charge in [0.2, 0.25) is 0 Å². The first-order chi connectivity index (χ1) is 17.0. The summed E-state index contributed by atoms with van der Waals surface area (Å²) in [7, 11) is 3.55. The van der Waals surface area contributed by atoms with Gasteiger partial charge in [-0.3, -0.25) is 9.69 Å². The first-order valence-corrected chi connectivity index (χ1v) is 12.7. The summed E-state index contributed by atoms with van der Waals surface area (Å²) in [6.07, 6.45) is 7.79. The Hall–Kier alpha value is -3.44. The van der Waals surface area contributed by atoms with Crippen LogP contribution < -0.4 is 0 Å². The molecule has 1 amide bonds. The summed E-state index contributed by atoms with van der Waals surface area (Å²) in [5, 5.41) is 1.11. The monoisotopic (exact) mass is 464 g/mol. The number of likely N-dealkylation sites (N-methyl/N-ethyl adjacent to an activating group) is 1. The number of benzene rings is 2. The number of amides is 1. The van der Waals surface area contributed by atoms with Gasteiger partial charge in [0.1, 0.15) is 5.65 Å². The van der Waals surface area contributed by atoms with Gasteiger partial charge in [-0.2, -0.15) is 0 Å². The van der Waals surface area contributed by atoms with Crippen molar-refractivity contribution in [3.05, 3.63) is 77.1 Å². The Morgan fingerprint density at radius 1 is 1.09 bits per heavy atom. The molecule has 2 aliphatic rings. The van der Waals surface area contributed by atoms with E-state index in [-0.39, 0.29) is 5.91 Å². The van der Waals surface area contributed by atoms with Gasteiger partial charge < -0.3 is 9.88 Å². The molecule has 0 saturated carbocycles. The van der Waals surface area contributed by atoms with Crippen molar-refractivity contribution >= 4 is 16.9 Å². The number of H-pyrrole nitrogens is 1. The molecule has 3 heterocycles. The highest BCUT2D eigenvalue weighted by atomic mass is 16.2. The second kappa shape index (κ2) is 8.65. The standard InChI is InChI=1S/C30H32N4O/c1-4-34-17-22-7-5-6-21-12-23(13-25(18-34)28(21)22)24-14-26-27(16-32-29(26)31-15-24)19-8-10-20(11-9-19)30(35)33(2)3/h8-16,22H,4-7,17-18H2,1-3H3,(H,31,32). The van der Waals surface area contributed by atoms with E-state index in [0.717, 1.165) is 40.8 Å².